The van der Waals surface area contributed by atoms with Crippen molar-refractivity contribution in [2.75, 3.05) is 14.2 Å². The van der Waals surface area contributed by atoms with Crippen LogP contribution >= 0.6 is 15.9 Å². The minimum atomic E-state index is -0.498. The highest BCUT2D eigenvalue weighted by atomic mass is 79.9. The molecule has 1 aromatic carbocycles. The minimum absolute atomic E-state index is 0.248. The number of hydrogen-bond acceptors (Lipinski definition) is 4. The first-order valence-corrected chi connectivity index (χ1v) is 5.77. The number of carbonyl (C=O) groups excluding carboxylic acids is 2. The van der Waals surface area contributed by atoms with Gasteiger partial charge in [0.1, 0.15) is 11.5 Å². The molecule has 0 aliphatic rings. The number of halogens is 1. The van der Waals surface area contributed by atoms with Crippen LogP contribution in [0.1, 0.15) is 17.3 Å². The summed E-state index contributed by atoms with van der Waals surface area (Å²) in [6, 6.07) is 3.19. The average Bonchev–Trinajstić information content (AvgIpc) is 2.34. The summed E-state index contributed by atoms with van der Waals surface area (Å²) in [5.74, 6) is -0.0137. The van der Waals surface area contributed by atoms with Crippen LogP contribution in [0.15, 0.2) is 16.6 Å². The predicted octanol–water partition coefficient (Wildman–Crippen LogP) is 1.25. The normalized spacial score (nSPS) is 9.56. The first-order chi connectivity index (χ1) is 8.49. The molecule has 0 aliphatic heterocycles. The highest BCUT2D eigenvalue weighted by Crippen LogP contribution is 2.33. The smallest absolute Gasteiger partial charge is 0.273 e. The fourth-order valence-corrected chi connectivity index (χ4v) is 1.88. The minimum Gasteiger partial charge on any atom is -0.497 e. The Labute approximate surface area is 113 Å². The Hall–Kier alpha value is -1.76. The Bertz CT molecular complexity index is 476. The standard InChI is InChI=1S/C11H13BrN2O4/c1-6(15)13-14-11(16)8-4-7(17-2)5-9(12)10(8)18-3/h4-5H,1-3H3,(H,13,15)(H,14,16). The lowest BCUT2D eigenvalue weighted by Gasteiger charge is -2.12. The summed E-state index contributed by atoms with van der Waals surface area (Å²) in [4.78, 5) is 22.6. The van der Waals surface area contributed by atoms with Crippen molar-refractivity contribution in [2.24, 2.45) is 0 Å². The molecule has 2 amide bonds. The van der Waals surface area contributed by atoms with Crippen molar-refractivity contribution in [1.82, 2.24) is 10.9 Å². The Kier molecular flexibility index (Phi) is 4.96. The van der Waals surface area contributed by atoms with Crippen LogP contribution in [0.25, 0.3) is 0 Å². The fourth-order valence-electron chi connectivity index (χ4n) is 1.27. The first-order valence-electron chi connectivity index (χ1n) is 4.98. The second-order valence-corrected chi connectivity index (χ2v) is 4.18. The van der Waals surface area contributed by atoms with E-state index in [0.29, 0.717) is 16.0 Å². The van der Waals surface area contributed by atoms with Gasteiger partial charge in [0, 0.05) is 6.92 Å². The molecule has 0 atom stereocenters. The fraction of sp³-hybridized carbons (Fsp3) is 0.273. The van der Waals surface area contributed by atoms with Crippen molar-refractivity contribution >= 4 is 27.7 Å². The van der Waals surface area contributed by atoms with E-state index in [2.05, 4.69) is 26.8 Å². The molecule has 2 N–H and O–H groups in total. The van der Waals surface area contributed by atoms with Crippen LogP contribution in [0, 0.1) is 0 Å². The van der Waals surface area contributed by atoms with Gasteiger partial charge in [0.15, 0.2) is 0 Å². The molecule has 1 rings (SSSR count). The van der Waals surface area contributed by atoms with E-state index in [1.807, 2.05) is 0 Å². The Morgan fingerprint density at radius 1 is 1.17 bits per heavy atom. The zero-order chi connectivity index (χ0) is 13.7. The van der Waals surface area contributed by atoms with Crippen molar-refractivity contribution in [3.05, 3.63) is 22.2 Å². The monoisotopic (exact) mass is 316 g/mol. The average molecular weight is 317 g/mol. The van der Waals surface area contributed by atoms with Crippen LogP contribution in [-0.4, -0.2) is 26.0 Å². The maximum absolute atomic E-state index is 11.9. The quantitative estimate of drug-likeness (QED) is 0.823. The number of amides is 2. The molecular formula is C11H13BrN2O4. The van der Waals surface area contributed by atoms with Crippen LogP contribution in [0.4, 0.5) is 0 Å². The first kappa shape index (κ1) is 14.3. The van der Waals surface area contributed by atoms with Crippen LogP contribution < -0.4 is 20.3 Å². The molecule has 98 valence electrons. The zero-order valence-corrected chi connectivity index (χ0v) is 11.8. The van der Waals surface area contributed by atoms with E-state index >= 15 is 0 Å². The van der Waals surface area contributed by atoms with Crippen molar-refractivity contribution in [2.45, 2.75) is 6.92 Å². The maximum Gasteiger partial charge on any atom is 0.273 e. The highest BCUT2D eigenvalue weighted by molar-refractivity contribution is 9.10. The van der Waals surface area contributed by atoms with E-state index < -0.39 is 5.91 Å². The molecule has 0 bridgehead atoms. The van der Waals surface area contributed by atoms with Gasteiger partial charge in [0.05, 0.1) is 24.3 Å². The molecule has 6 nitrogen and oxygen atoms in total. The number of rotatable bonds is 3. The van der Waals surface area contributed by atoms with Gasteiger partial charge < -0.3 is 9.47 Å². The van der Waals surface area contributed by atoms with E-state index in [-0.39, 0.29) is 11.5 Å². The molecular weight excluding hydrogens is 304 g/mol. The summed E-state index contributed by atoms with van der Waals surface area (Å²) in [6.45, 7) is 1.29. The molecule has 7 heteroatoms. The lowest BCUT2D eigenvalue weighted by Crippen LogP contribution is -2.40. The number of hydrazine groups is 1. The van der Waals surface area contributed by atoms with E-state index in [4.69, 9.17) is 9.47 Å². The van der Waals surface area contributed by atoms with Crippen molar-refractivity contribution in [3.8, 4) is 11.5 Å². The van der Waals surface area contributed by atoms with Crippen molar-refractivity contribution in [3.63, 3.8) is 0 Å². The second kappa shape index (κ2) is 6.25. The van der Waals surface area contributed by atoms with Gasteiger partial charge in [-0.15, -0.1) is 0 Å². The van der Waals surface area contributed by atoms with Gasteiger partial charge in [0.2, 0.25) is 5.91 Å². The summed E-state index contributed by atoms with van der Waals surface area (Å²) >= 11 is 3.27. The van der Waals surface area contributed by atoms with Gasteiger partial charge in [-0.2, -0.15) is 0 Å². The van der Waals surface area contributed by atoms with Gasteiger partial charge in [-0.05, 0) is 28.1 Å². The SMILES string of the molecule is COc1cc(Br)c(OC)c(C(=O)NNC(C)=O)c1. The van der Waals surface area contributed by atoms with Gasteiger partial charge >= 0.3 is 0 Å². The molecule has 0 aliphatic carbocycles. The van der Waals surface area contributed by atoms with Crippen LogP contribution in [0.3, 0.4) is 0 Å². The molecule has 18 heavy (non-hydrogen) atoms. The van der Waals surface area contributed by atoms with Crippen molar-refractivity contribution < 1.29 is 19.1 Å². The molecule has 0 fully saturated rings. The van der Waals surface area contributed by atoms with Crippen LogP contribution in [-0.2, 0) is 4.79 Å². The summed E-state index contributed by atoms with van der Waals surface area (Å²) in [5.41, 5.74) is 4.71. The Morgan fingerprint density at radius 3 is 2.33 bits per heavy atom. The summed E-state index contributed by atoms with van der Waals surface area (Å²) in [6.07, 6.45) is 0. The number of hydrogen-bond donors (Lipinski definition) is 2. The lowest BCUT2D eigenvalue weighted by molar-refractivity contribution is -0.119. The molecule has 0 saturated heterocycles. The summed E-state index contributed by atoms with van der Waals surface area (Å²) in [5, 5.41) is 0. The third-order valence-corrected chi connectivity index (χ3v) is 2.64. The zero-order valence-electron chi connectivity index (χ0n) is 10.2. The third kappa shape index (κ3) is 3.36. The van der Waals surface area contributed by atoms with E-state index in [9.17, 15) is 9.59 Å². The van der Waals surface area contributed by atoms with Gasteiger partial charge in [-0.25, -0.2) is 0 Å². The maximum atomic E-state index is 11.9. The van der Waals surface area contributed by atoms with Crippen LogP contribution in [0.5, 0.6) is 11.5 Å². The number of ether oxygens (including phenoxy) is 2. The topological polar surface area (TPSA) is 76.7 Å². The third-order valence-electron chi connectivity index (χ3n) is 2.05. The molecule has 0 unspecified atom stereocenters. The molecule has 0 radical (unpaired) electrons. The molecule has 0 heterocycles. The summed E-state index contributed by atoms with van der Waals surface area (Å²) < 4.78 is 10.8. The number of nitrogens with one attached hydrogen (secondary N) is 2. The highest BCUT2D eigenvalue weighted by Gasteiger charge is 2.17. The predicted molar refractivity (Wildman–Crippen MR) is 68.5 cm³/mol. The number of carbonyl (C=O) groups is 2. The van der Waals surface area contributed by atoms with E-state index in [0.717, 1.165) is 0 Å². The van der Waals surface area contributed by atoms with E-state index in [1.54, 1.807) is 6.07 Å². The largest absolute Gasteiger partial charge is 0.497 e. The molecule has 1 aromatic rings. The number of methoxy groups -OCH3 is 2. The van der Waals surface area contributed by atoms with Gasteiger partial charge in [0.25, 0.3) is 5.91 Å². The van der Waals surface area contributed by atoms with Gasteiger partial charge in [-0.1, -0.05) is 0 Å². The molecule has 0 spiro atoms. The molecule has 0 saturated carbocycles. The van der Waals surface area contributed by atoms with Crippen LogP contribution in [0.2, 0.25) is 0 Å². The van der Waals surface area contributed by atoms with Gasteiger partial charge in [-0.3, -0.25) is 20.4 Å². The number of benzene rings is 1. The Balaban J connectivity index is 3.08. The van der Waals surface area contributed by atoms with E-state index in [1.165, 1.54) is 27.2 Å². The molecule has 0 aromatic heterocycles. The van der Waals surface area contributed by atoms with Crippen molar-refractivity contribution in [1.29, 1.82) is 0 Å². The lowest BCUT2D eigenvalue weighted by atomic mass is 10.2. The second-order valence-electron chi connectivity index (χ2n) is 3.33. The summed E-state index contributed by atoms with van der Waals surface area (Å²) in [7, 11) is 2.94. The Morgan fingerprint density at radius 2 is 1.83 bits per heavy atom.